The lowest BCUT2D eigenvalue weighted by Crippen LogP contribution is -2.12. The maximum atomic E-state index is 7.69. The second-order valence-electron chi connectivity index (χ2n) is 4.46. The average molecular weight is 299 g/mol. The Bertz CT molecular complexity index is 760. The normalized spacial score (nSPS) is 10.8. The van der Waals surface area contributed by atoms with E-state index in [0.29, 0.717) is 0 Å². The molecule has 0 bridgehead atoms. The molecule has 0 radical (unpaired) electrons. The van der Waals surface area contributed by atoms with Crippen LogP contribution in [-0.4, -0.2) is 10.8 Å². The molecule has 0 atom stereocenters. The summed E-state index contributed by atoms with van der Waals surface area (Å²) in [5.74, 6) is 0.0947. The van der Waals surface area contributed by atoms with Crippen molar-refractivity contribution in [2.45, 2.75) is 16.2 Å². The van der Waals surface area contributed by atoms with E-state index in [1.165, 1.54) is 4.70 Å². The summed E-state index contributed by atoms with van der Waals surface area (Å²) in [7, 11) is 0. The summed E-state index contributed by atoms with van der Waals surface area (Å²) in [4.78, 5) is 5.58. The minimum absolute atomic E-state index is 0.0947. The van der Waals surface area contributed by atoms with Crippen molar-refractivity contribution in [3.63, 3.8) is 0 Å². The van der Waals surface area contributed by atoms with Gasteiger partial charge in [-0.05, 0) is 31.2 Å². The number of rotatable bonds is 3. The Kier molecular flexibility index (Phi) is 3.46. The molecule has 0 fully saturated rings. The summed E-state index contributed by atoms with van der Waals surface area (Å²) < 4.78 is 2.14. The van der Waals surface area contributed by atoms with Gasteiger partial charge in [-0.1, -0.05) is 35.5 Å². The number of hydrogen-bond donors (Lipinski definition) is 2. The largest absolute Gasteiger partial charge is 0.384 e. The van der Waals surface area contributed by atoms with Crippen molar-refractivity contribution >= 4 is 39.2 Å². The van der Waals surface area contributed by atoms with Gasteiger partial charge in [0.25, 0.3) is 0 Å². The molecule has 3 aromatic rings. The third kappa shape index (κ3) is 2.55. The van der Waals surface area contributed by atoms with Gasteiger partial charge in [-0.2, -0.15) is 0 Å². The van der Waals surface area contributed by atoms with E-state index < -0.39 is 0 Å². The second kappa shape index (κ2) is 5.26. The van der Waals surface area contributed by atoms with Crippen LogP contribution < -0.4 is 5.73 Å². The van der Waals surface area contributed by atoms with Crippen LogP contribution in [0.5, 0.6) is 0 Å². The van der Waals surface area contributed by atoms with Gasteiger partial charge < -0.3 is 5.73 Å². The number of amidine groups is 1. The van der Waals surface area contributed by atoms with Crippen LogP contribution in [0.15, 0.2) is 51.7 Å². The fourth-order valence-electron chi connectivity index (χ4n) is 1.93. The first kappa shape index (κ1) is 13.1. The molecule has 0 saturated carbocycles. The Morgan fingerprint density at radius 2 is 2.05 bits per heavy atom. The van der Waals surface area contributed by atoms with Crippen LogP contribution in [0.1, 0.15) is 11.1 Å². The summed E-state index contributed by atoms with van der Waals surface area (Å²) >= 11 is 3.22. The number of nitrogens with one attached hydrogen (secondary N) is 1. The Balaban J connectivity index is 2.00. The van der Waals surface area contributed by atoms with Crippen LogP contribution in [0.3, 0.4) is 0 Å². The van der Waals surface area contributed by atoms with Gasteiger partial charge in [0.1, 0.15) is 5.84 Å². The van der Waals surface area contributed by atoms with Gasteiger partial charge in [0.15, 0.2) is 4.34 Å². The first-order valence-corrected chi connectivity index (χ1v) is 7.75. The Morgan fingerprint density at radius 1 is 1.25 bits per heavy atom. The standard InChI is InChI=1S/C15H13N3S2/c1-9-6-7-12(10(8-9)14(16)17)19-15-18-11-4-2-3-5-13(11)20-15/h2-8H,1H3,(H3,16,17). The van der Waals surface area contributed by atoms with Crippen LogP contribution in [0.25, 0.3) is 10.2 Å². The monoisotopic (exact) mass is 299 g/mol. The predicted octanol–water partition coefficient (Wildman–Crippen LogP) is 4.04. The third-order valence-corrected chi connectivity index (χ3v) is 5.07. The first-order chi connectivity index (χ1) is 9.63. The van der Waals surface area contributed by atoms with Crippen molar-refractivity contribution in [3.8, 4) is 0 Å². The average Bonchev–Trinajstić information content (AvgIpc) is 2.82. The molecule has 0 amide bonds. The molecule has 3 rings (SSSR count). The topological polar surface area (TPSA) is 62.8 Å². The fraction of sp³-hybridized carbons (Fsp3) is 0.0667. The summed E-state index contributed by atoms with van der Waals surface area (Å²) in [5, 5.41) is 7.69. The van der Waals surface area contributed by atoms with Gasteiger partial charge in [-0.15, -0.1) is 11.3 Å². The van der Waals surface area contributed by atoms with Crippen molar-refractivity contribution in [3.05, 3.63) is 53.6 Å². The van der Waals surface area contributed by atoms with E-state index in [0.717, 1.165) is 25.9 Å². The molecule has 20 heavy (non-hydrogen) atoms. The molecular weight excluding hydrogens is 286 g/mol. The lowest BCUT2D eigenvalue weighted by molar-refractivity contribution is 1.27. The van der Waals surface area contributed by atoms with Crippen LogP contribution in [0, 0.1) is 12.3 Å². The number of hydrogen-bond acceptors (Lipinski definition) is 4. The highest BCUT2D eigenvalue weighted by molar-refractivity contribution is 8.01. The molecule has 0 aliphatic heterocycles. The molecule has 0 aliphatic carbocycles. The zero-order chi connectivity index (χ0) is 14.1. The second-order valence-corrected chi connectivity index (χ2v) is 6.78. The predicted molar refractivity (Wildman–Crippen MR) is 85.9 cm³/mol. The molecule has 2 aromatic carbocycles. The minimum Gasteiger partial charge on any atom is -0.384 e. The van der Waals surface area contributed by atoms with Crippen LogP contribution >= 0.6 is 23.1 Å². The highest BCUT2D eigenvalue weighted by Gasteiger charge is 2.10. The number of benzene rings is 2. The van der Waals surface area contributed by atoms with E-state index in [1.807, 2.05) is 43.3 Å². The van der Waals surface area contributed by atoms with E-state index in [9.17, 15) is 0 Å². The lowest BCUT2D eigenvalue weighted by Gasteiger charge is -2.07. The molecule has 0 spiro atoms. The van der Waals surface area contributed by atoms with Crippen molar-refractivity contribution in [1.82, 2.24) is 4.98 Å². The molecule has 0 aliphatic rings. The quantitative estimate of drug-likeness (QED) is 0.566. The molecule has 1 aromatic heterocycles. The van der Waals surface area contributed by atoms with E-state index in [-0.39, 0.29) is 5.84 Å². The zero-order valence-electron chi connectivity index (χ0n) is 10.9. The zero-order valence-corrected chi connectivity index (χ0v) is 12.5. The minimum atomic E-state index is 0.0947. The number of nitrogens with zero attached hydrogens (tertiary/aromatic N) is 1. The molecule has 0 saturated heterocycles. The van der Waals surface area contributed by atoms with Crippen molar-refractivity contribution in [1.29, 1.82) is 5.41 Å². The van der Waals surface area contributed by atoms with Gasteiger partial charge >= 0.3 is 0 Å². The van der Waals surface area contributed by atoms with Gasteiger partial charge in [0, 0.05) is 10.5 Å². The molecule has 1 heterocycles. The molecule has 3 N–H and O–H groups in total. The summed E-state index contributed by atoms with van der Waals surface area (Å²) in [6.45, 7) is 2.00. The van der Waals surface area contributed by atoms with Crippen molar-refractivity contribution < 1.29 is 0 Å². The first-order valence-electron chi connectivity index (χ1n) is 6.12. The number of aryl methyl sites for hydroxylation is 1. The maximum Gasteiger partial charge on any atom is 0.155 e. The Morgan fingerprint density at radius 3 is 2.80 bits per heavy atom. The Labute approximate surface area is 125 Å². The molecule has 3 nitrogen and oxygen atoms in total. The van der Waals surface area contributed by atoms with Crippen LogP contribution in [0.4, 0.5) is 0 Å². The number of nitrogen functional groups attached to an aromatic ring is 1. The van der Waals surface area contributed by atoms with E-state index in [2.05, 4.69) is 11.1 Å². The van der Waals surface area contributed by atoms with E-state index >= 15 is 0 Å². The van der Waals surface area contributed by atoms with Crippen molar-refractivity contribution in [2.24, 2.45) is 5.73 Å². The number of fused-ring (bicyclic) bond motifs is 1. The maximum absolute atomic E-state index is 7.69. The van der Waals surface area contributed by atoms with Gasteiger partial charge in [0.05, 0.1) is 10.2 Å². The van der Waals surface area contributed by atoms with Crippen LogP contribution in [-0.2, 0) is 0 Å². The van der Waals surface area contributed by atoms with Gasteiger partial charge in [-0.3, -0.25) is 5.41 Å². The Hall–Kier alpha value is -1.85. The molecular formula is C15H13N3S2. The van der Waals surface area contributed by atoms with Crippen LogP contribution in [0.2, 0.25) is 0 Å². The highest BCUT2D eigenvalue weighted by atomic mass is 32.2. The van der Waals surface area contributed by atoms with E-state index in [1.54, 1.807) is 23.1 Å². The third-order valence-electron chi connectivity index (χ3n) is 2.90. The number of thiazole rings is 1. The summed E-state index contributed by atoms with van der Waals surface area (Å²) in [5.41, 5.74) is 8.55. The smallest absolute Gasteiger partial charge is 0.155 e. The van der Waals surface area contributed by atoms with Gasteiger partial charge in [0.2, 0.25) is 0 Å². The molecule has 0 unspecified atom stereocenters. The van der Waals surface area contributed by atoms with Gasteiger partial charge in [-0.25, -0.2) is 4.98 Å². The number of nitrogens with two attached hydrogens (primary N) is 1. The number of aromatic nitrogens is 1. The summed E-state index contributed by atoms with van der Waals surface area (Å²) in [6, 6.07) is 14.1. The van der Waals surface area contributed by atoms with Crippen molar-refractivity contribution in [2.75, 3.05) is 0 Å². The molecule has 5 heteroatoms. The fourth-order valence-corrected chi connectivity index (χ4v) is 4.08. The summed E-state index contributed by atoms with van der Waals surface area (Å²) in [6.07, 6.45) is 0. The molecule has 100 valence electrons. The SMILES string of the molecule is Cc1ccc(Sc2nc3ccccc3s2)c(C(=N)N)c1. The van der Waals surface area contributed by atoms with E-state index in [4.69, 9.17) is 11.1 Å². The number of para-hydroxylation sites is 1. The highest BCUT2D eigenvalue weighted by Crippen LogP contribution is 2.36. The lowest BCUT2D eigenvalue weighted by atomic mass is 10.1.